The number of ether oxygens (including phenoxy) is 1. The number of nitrogens with one attached hydrogen (secondary N) is 2. The predicted octanol–water partition coefficient (Wildman–Crippen LogP) is 2.39. The number of carbonyl (C=O) groups is 1. The molecular formula is C22H24N2O2. The Hall–Kier alpha value is -2.17. The summed E-state index contributed by atoms with van der Waals surface area (Å²) < 4.78 is 5.41. The Balaban J connectivity index is 1.39. The Labute approximate surface area is 153 Å². The molecule has 1 amide bonds. The Morgan fingerprint density at radius 3 is 2.31 bits per heavy atom. The zero-order valence-corrected chi connectivity index (χ0v) is 14.8. The molecule has 4 nitrogen and oxygen atoms in total. The second-order valence-corrected chi connectivity index (χ2v) is 7.61. The van der Waals surface area contributed by atoms with E-state index in [0.29, 0.717) is 31.0 Å². The van der Waals surface area contributed by atoms with Crippen LogP contribution in [0.2, 0.25) is 0 Å². The molecule has 0 radical (unpaired) electrons. The second kappa shape index (κ2) is 6.53. The van der Waals surface area contributed by atoms with Crippen LogP contribution in [0.25, 0.3) is 0 Å². The molecule has 2 atom stereocenters. The van der Waals surface area contributed by atoms with Gasteiger partial charge in [-0.05, 0) is 34.6 Å². The lowest BCUT2D eigenvalue weighted by Gasteiger charge is -2.45. The zero-order valence-electron chi connectivity index (χ0n) is 14.8. The molecule has 26 heavy (non-hydrogen) atoms. The van der Waals surface area contributed by atoms with Crippen molar-refractivity contribution in [2.45, 2.75) is 24.3 Å². The number of amides is 1. The molecule has 2 bridgehead atoms. The molecule has 2 aromatic rings. The highest BCUT2D eigenvalue weighted by atomic mass is 16.5. The molecule has 0 unspecified atom stereocenters. The molecule has 1 heterocycles. The van der Waals surface area contributed by atoms with E-state index in [9.17, 15) is 4.79 Å². The van der Waals surface area contributed by atoms with Crippen LogP contribution in [0.4, 0.5) is 0 Å². The molecule has 2 N–H and O–H groups in total. The molecule has 1 aliphatic heterocycles. The van der Waals surface area contributed by atoms with E-state index in [0.717, 1.165) is 19.5 Å². The molecule has 1 fully saturated rings. The van der Waals surface area contributed by atoms with Crippen LogP contribution >= 0.6 is 0 Å². The first-order valence-corrected chi connectivity index (χ1v) is 9.59. The van der Waals surface area contributed by atoms with E-state index in [1.165, 1.54) is 22.3 Å². The van der Waals surface area contributed by atoms with Crippen LogP contribution in [0.15, 0.2) is 48.5 Å². The van der Waals surface area contributed by atoms with Gasteiger partial charge in [0, 0.05) is 24.9 Å². The highest BCUT2D eigenvalue weighted by molar-refractivity contribution is 5.82. The summed E-state index contributed by atoms with van der Waals surface area (Å²) in [6.45, 7) is 2.62. The lowest BCUT2D eigenvalue weighted by atomic mass is 9.59. The minimum atomic E-state index is -0.218. The molecule has 0 spiro atoms. The van der Waals surface area contributed by atoms with Crippen molar-refractivity contribution >= 4 is 5.91 Å². The molecule has 0 saturated carbocycles. The van der Waals surface area contributed by atoms with Gasteiger partial charge < -0.3 is 15.4 Å². The first-order chi connectivity index (χ1) is 12.8. The Morgan fingerprint density at radius 1 is 1.04 bits per heavy atom. The lowest BCUT2D eigenvalue weighted by Crippen LogP contribution is -2.52. The van der Waals surface area contributed by atoms with Crippen LogP contribution < -0.4 is 10.6 Å². The van der Waals surface area contributed by atoms with Crippen molar-refractivity contribution in [2.24, 2.45) is 5.92 Å². The number of hydrogen-bond donors (Lipinski definition) is 2. The number of carbonyl (C=O) groups excluding carboxylic acids is 1. The van der Waals surface area contributed by atoms with E-state index in [1.807, 2.05) is 0 Å². The first kappa shape index (κ1) is 16.0. The minimum absolute atomic E-state index is 0.0627. The van der Waals surface area contributed by atoms with Crippen LogP contribution in [0.3, 0.4) is 0 Å². The molecular weight excluding hydrogens is 324 g/mol. The number of fused-ring (bicyclic) bond motifs is 1. The van der Waals surface area contributed by atoms with Crippen LogP contribution in [-0.2, 0) is 9.53 Å². The van der Waals surface area contributed by atoms with Gasteiger partial charge in [-0.25, -0.2) is 0 Å². The first-order valence-electron chi connectivity index (χ1n) is 9.59. The summed E-state index contributed by atoms with van der Waals surface area (Å²) in [7, 11) is 0. The molecule has 3 aliphatic carbocycles. The van der Waals surface area contributed by atoms with Gasteiger partial charge in [-0.2, -0.15) is 0 Å². The van der Waals surface area contributed by atoms with Crippen molar-refractivity contribution in [3.05, 3.63) is 70.8 Å². The Bertz CT molecular complexity index is 781. The van der Waals surface area contributed by atoms with Gasteiger partial charge in [0.2, 0.25) is 5.91 Å². The van der Waals surface area contributed by atoms with E-state index in [4.69, 9.17) is 4.74 Å². The molecule has 6 rings (SSSR count). The third kappa shape index (κ3) is 2.56. The van der Waals surface area contributed by atoms with Gasteiger partial charge >= 0.3 is 0 Å². The molecule has 2 aromatic carbocycles. The molecule has 1 saturated heterocycles. The van der Waals surface area contributed by atoms with E-state index in [2.05, 4.69) is 59.2 Å². The van der Waals surface area contributed by atoms with Crippen molar-refractivity contribution in [3.63, 3.8) is 0 Å². The average molecular weight is 348 g/mol. The van der Waals surface area contributed by atoms with Gasteiger partial charge in [0.15, 0.2) is 0 Å². The van der Waals surface area contributed by atoms with E-state index in [1.54, 1.807) is 0 Å². The van der Waals surface area contributed by atoms with Gasteiger partial charge in [-0.1, -0.05) is 48.5 Å². The lowest BCUT2D eigenvalue weighted by molar-refractivity contribution is -0.126. The summed E-state index contributed by atoms with van der Waals surface area (Å²) in [5.74, 6) is 1.33. The van der Waals surface area contributed by atoms with Gasteiger partial charge in [-0.15, -0.1) is 0 Å². The normalized spacial score (nSPS) is 28.9. The average Bonchev–Trinajstić information content (AvgIpc) is 2.73. The standard InChI is InChI=1S/C22H24N2O2/c25-22(20-13-26-10-9-23-20)24-12-14-11-19-15-5-1-3-7-17(15)21(14)18-8-4-2-6-16(18)19/h1-8,14,19-21,23H,9-13H2,(H,24,25)/t14-,19?,20-,21?/m1/s1. The topological polar surface area (TPSA) is 50.4 Å². The number of morpholine rings is 1. The molecule has 4 aliphatic rings. The monoisotopic (exact) mass is 348 g/mol. The third-order valence-electron chi connectivity index (χ3n) is 6.20. The maximum atomic E-state index is 12.5. The van der Waals surface area contributed by atoms with Crippen molar-refractivity contribution in [1.29, 1.82) is 0 Å². The van der Waals surface area contributed by atoms with Crippen LogP contribution in [0.5, 0.6) is 0 Å². The highest BCUT2D eigenvalue weighted by Crippen LogP contribution is 2.55. The maximum absolute atomic E-state index is 12.5. The summed E-state index contributed by atoms with van der Waals surface area (Å²) in [5, 5.41) is 6.42. The van der Waals surface area contributed by atoms with Gasteiger partial charge in [-0.3, -0.25) is 4.79 Å². The molecule has 4 heteroatoms. The smallest absolute Gasteiger partial charge is 0.239 e. The fraction of sp³-hybridized carbons (Fsp3) is 0.409. The van der Waals surface area contributed by atoms with Gasteiger partial charge in [0.25, 0.3) is 0 Å². The van der Waals surface area contributed by atoms with Crippen molar-refractivity contribution < 1.29 is 9.53 Å². The number of benzene rings is 2. The van der Waals surface area contributed by atoms with Crippen LogP contribution in [0, 0.1) is 5.92 Å². The number of hydrogen-bond acceptors (Lipinski definition) is 3. The molecule has 134 valence electrons. The summed E-state index contributed by atoms with van der Waals surface area (Å²) in [6, 6.07) is 17.5. The number of rotatable bonds is 3. The van der Waals surface area contributed by atoms with Gasteiger partial charge in [0.05, 0.1) is 13.2 Å². The fourth-order valence-electron chi connectivity index (χ4n) is 5.05. The Kier molecular flexibility index (Phi) is 4.03. The Morgan fingerprint density at radius 2 is 1.69 bits per heavy atom. The SMILES string of the molecule is O=C(NC[C@H]1CC2c3ccccc3C1c1ccccc12)[C@H]1COCCN1. The van der Waals surface area contributed by atoms with Crippen LogP contribution in [0.1, 0.15) is 40.5 Å². The van der Waals surface area contributed by atoms with Crippen molar-refractivity contribution in [3.8, 4) is 0 Å². The third-order valence-corrected chi connectivity index (χ3v) is 6.20. The minimum Gasteiger partial charge on any atom is -0.378 e. The van der Waals surface area contributed by atoms with Crippen molar-refractivity contribution in [1.82, 2.24) is 10.6 Å². The predicted molar refractivity (Wildman–Crippen MR) is 100 cm³/mol. The largest absolute Gasteiger partial charge is 0.378 e. The summed E-state index contributed by atoms with van der Waals surface area (Å²) in [5.41, 5.74) is 5.84. The van der Waals surface area contributed by atoms with Crippen LogP contribution in [-0.4, -0.2) is 38.3 Å². The van der Waals surface area contributed by atoms with Crippen molar-refractivity contribution in [2.75, 3.05) is 26.3 Å². The quantitative estimate of drug-likeness (QED) is 0.895. The summed E-state index contributed by atoms with van der Waals surface area (Å²) >= 11 is 0. The highest BCUT2D eigenvalue weighted by Gasteiger charge is 2.43. The van der Waals surface area contributed by atoms with E-state index >= 15 is 0 Å². The van der Waals surface area contributed by atoms with E-state index < -0.39 is 0 Å². The van der Waals surface area contributed by atoms with E-state index in [-0.39, 0.29) is 11.9 Å². The summed E-state index contributed by atoms with van der Waals surface area (Å²) in [6.07, 6.45) is 1.10. The fourth-order valence-corrected chi connectivity index (χ4v) is 5.05. The zero-order chi connectivity index (χ0) is 17.5. The van der Waals surface area contributed by atoms with Gasteiger partial charge in [0.1, 0.15) is 6.04 Å². The summed E-state index contributed by atoms with van der Waals surface area (Å²) in [4.78, 5) is 12.5. The second-order valence-electron chi connectivity index (χ2n) is 7.61. The maximum Gasteiger partial charge on any atom is 0.239 e. The molecule has 0 aromatic heterocycles.